The summed E-state index contributed by atoms with van der Waals surface area (Å²) in [4.78, 5) is 29.2. The fourth-order valence-electron chi connectivity index (χ4n) is 4.94. The number of anilines is 1. The fourth-order valence-corrected chi connectivity index (χ4v) is 4.94. The molecular weight excluding hydrogens is 488 g/mol. The van der Waals surface area contributed by atoms with Crippen LogP contribution in [-0.2, 0) is 11.3 Å². The summed E-state index contributed by atoms with van der Waals surface area (Å²) in [6, 6.07) is 15.1. The molecule has 0 aromatic heterocycles. The number of ketones is 1. The van der Waals surface area contributed by atoms with Crippen LogP contribution >= 0.6 is 0 Å². The van der Waals surface area contributed by atoms with Gasteiger partial charge in [-0.1, -0.05) is 12.1 Å². The summed E-state index contributed by atoms with van der Waals surface area (Å²) in [5.74, 6) is -0.714. The van der Waals surface area contributed by atoms with Crippen LogP contribution in [0.15, 0.2) is 54.6 Å². The predicted molar refractivity (Wildman–Crippen MR) is 140 cm³/mol. The molecule has 3 aromatic carbocycles. The van der Waals surface area contributed by atoms with Gasteiger partial charge in [0.1, 0.15) is 34.7 Å². The topological polar surface area (TPSA) is 120 Å². The molecule has 9 nitrogen and oxygen atoms in total. The SMILES string of the molecule is CCOC(=O)c1ccc(N2CCN(Cc3c(O)cc4c(c3O)C(=O)CC(c3ccc(O)cc3)O4)CC2)cc1. The van der Waals surface area contributed by atoms with Gasteiger partial charge >= 0.3 is 5.97 Å². The normalized spacial score (nSPS) is 17.6. The minimum atomic E-state index is -0.570. The Labute approximate surface area is 220 Å². The number of hydrogen-bond donors (Lipinski definition) is 3. The van der Waals surface area contributed by atoms with Crippen molar-refractivity contribution in [2.45, 2.75) is 26.0 Å². The second kappa shape index (κ2) is 10.6. The van der Waals surface area contributed by atoms with Crippen LogP contribution in [0.25, 0.3) is 0 Å². The van der Waals surface area contributed by atoms with Gasteiger partial charge in [-0.2, -0.15) is 0 Å². The zero-order valence-electron chi connectivity index (χ0n) is 21.1. The number of esters is 1. The fraction of sp³-hybridized carbons (Fsp3) is 0.310. The van der Waals surface area contributed by atoms with E-state index < -0.39 is 6.10 Å². The molecule has 3 aromatic rings. The standard InChI is InChI=1S/C29H30N2O7/c1-2-37-29(36)19-3-7-20(8-4-19)31-13-11-30(12-14-31)17-22-23(33)15-26-27(28(22)35)24(34)16-25(38-26)18-5-9-21(32)10-6-18/h3-10,15,25,32-33,35H,2,11-14,16-17H2,1H3. The van der Waals surface area contributed by atoms with E-state index >= 15 is 0 Å². The van der Waals surface area contributed by atoms with Gasteiger partial charge in [0.15, 0.2) is 5.78 Å². The third kappa shape index (κ3) is 5.10. The highest BCUT2D eigenvalue weighted by atomic mass is 16.5. The quantitative estimate of drug-likeness (QED) is 0.416. The molecule has 2 aliphatic rings. The second-order valence-electron chi connectivity index (χ2n) is 9.45. The molecule has 0 bridgehead atoms. The number of aromatic hydroxyl groups is 3. The molecule has 198 valence electrons. The number of Topliss-reactive ketones (excluding diaryl/α,β-unsaturated/α-hetero) is 1. The lowest BCUT2D eigenvalue weighted by Gasteiger charge is -2.36. The minimum absolute atomic E-state index is 0.0448. The summed E-state index contributed by atoms with van der Waals surface area (Å²) < 4.78 is 11.0. The summed E-state index contributed by atoms with van der Waals surface area (Å²) in [7, 11) is 0. The van der Waals surface area contributed by atoms with Crippen molar-refractivity contribution in [3.8, 4) is 23.0 Å². The Morgan fingerprint density at radius 3 is 2.34 bits per heavy atom. The molecule has 38 heavy (non-hydrogen) atoms. The second-order valence-corrected chi connectivity index (χ2v) is 9.45. The van der Waals surface area contributed by atoms with Crippen LogP contribution in [-0.4, -0.2) is 64.8 Å². The lowest BCUT2D eigenvalue weighted by Crippen LogP contribution is -2.46. The number of piperazine rings is 1. The molecular formula is C29H30N2O7. The molecule has 1 fully saturated rings. The lowest BCUT2D eigenvalue weighted by molar-refractivity contribution is 0.0526. The Hall–Kier alpha value is -4.24. The van der Waals surface area contributed by atoms with Crippen molar-refractivity contribution in [2.75, 3.05) is 37.7 Å². The number of benzene rings is 3. The number of phenolic OH excluding ortho intramolecular Hbond substituents is 3. The van der Waals surface area contributed by atoms with E-state index in [0.29, 0.717) is 30.8 Å². The van der Waals surface area contributed by atoms with Crippen LogP contribution in [0.5, 0.6) is 23.0 Å². The van der Waals surface area contributed by atoms with Crippen LogP contribution in [0.1, 0.15) is 51.3 Å². The van der Waals surface area contributed by atoms with E-state index in [0.717, 1.165) is 24.3 Å². The molecule has 5 rings (SSSR count). The maximum atomic E-state index is 13.0. The number of nitrogens with zero attached hydrogens (tertiary/aromatic N) is 2. The highest BCUT2D eigenvalue weighted by Crippen LogP contribution is 2.45. The molecule has 1 unspecified atom stereocenters. The van der Waals surface area contributed by atoms with Crippen molar-refractivity contribution in [1.82, 2.24) is 4.90 Å². The zero-order valence-corrected chi connectivity index (χ0v) is 21.1. The molecule has 9 heteroatoms. The maximum Gasteiger partial charge on any atom is 0.338 e. The van der Waals surface area contributed by atoms with Crippen LogP contribution in [0.2, 0.25) is 0 Å². The molecule has 1 atom stereocenters. The van der Waals surface area contributed by atoms with E-state index in [4.69, 9.17) is 9.47 Å². The lowest BCUT2D eigenvalue weighted by atomic mass is 9.93. The number of carbonyl (C=O) groups is 2. The number of phenols is 3. The van der Waals surface area contributed by atoms with Crippen molar-refractivity contribution in [1.29, 1.82) is 0 Å². The van der Waals surface area contributed by atoms with Crippen molar-refractivity contribution in [2.24, 2.45) is 0 Å². The van der Waals surface area contributed by atoms with Crippen LogP contribution in [0, 0.1) is 0 Å². The van der Waals surface area contributed by atoms with Crippen LogP contribution in [0.3, 0.4) is 0 Å². The third-order valence-corrected chi connectivity index (χ3v) is 7.03. The van der Waals surface area contributed by atoms with Crippen LogP contribution < -0.4 is 9.64 Å². The maximum absolute atomic E-state index is 13.0. The third-order valence-electron chi connectivity index (χ3n) is 7.03. The smallest absolute Gasteiger partial charge is 0.338 e. The number of fused-ring (bicyclic) bond motifs is 1. The number of ether oxygens (including phenoxy) is 2. The van der Waals surface area contributed by atoms with E-state index in [1.807, 2.05) is 12.1 Å². The van der Waals surface area contributed by atoms with E-state index in [1.165, 1.54) is 18.2 Å². The summed E-state index contributed by atoms with van der Waals surface area (Å²) >= 11 is 0. The van der Waals surface area contributed by atoms with Gasteiger partial charge in [-0.05, 0) is 48.9 Å². The molecule has 1 saturated heterocycles. The Morgan fingerprint density at radius 1 is 1.00 bits per heavy atom. The summed E-state index contributed by atoms with van der Waals surface area (Å²) in [5.41, 5.74) is 2.63. The van der Waals surface area contributed by atoms with E-state index in [1.54, 1.807) is 31.2 Å². The number of hydrogen-bond acceptors (Lipinski definition) is 9. The summed E-state index contributed by atoms with van der Waals surface area (Å²) in [6.45, 7) is 5.21. The van der Waals surface area contributed by atoms with E-state index in [2.05, 4.69) is 9.80 Å². The van der Waals surface area contributed by atoms with E-state index in [9.17, 15) is 24.9 Å². The first-order valence-electron chi connectivity index (χ1n) is 12.6. The Morgan fingerprint density at radius 2 is 1.68 bits per heavy atom. The average Bonchev–Trinajstić information content (AvgIpc) is 2.91. The summed E-state index contributed by atoms with van der Waals surface area (Å²) in [6.07, 6.45) is -0.525. The molecule has 3 N–H and O–H groups in total. The molecule has 2 heterocycles. The minimum Gasteiger partial charge on any atom is -0.508 e. The van der Waals surface area contributed by atoms with Gasteiger partial charge < -0.3 is 29.7 Å². The molecule has 0 radical (unpaired) electrons. The zero-order chi connectivity index (χ0) is 26.8. The van der Waals surface area contributed by atoms with Gasteiger partial charge in [0.2, 0.25) is 0 Å². The van der Waals surface area contributed by atoms with Crippen molar-refractivity contribution in [3.05, 3.63) is 76.9 Å². The van der Waals surface area contributed by atoms with Gasteiger partial charge in [0, 0.05) is 44.5 Å². The molecule has 0 spiro atoms. The van der Waals surface area contributed by atoms with Gasteiger partial charge in [0.05, 0.1) is 24.2 Å². The van der Waals surface area contributed by atoms with Crippen molar-refractivity contribution < 1.29 is 34.4 Å². The van der Waals surface area contributed by atoms with Gasteiger partial charge in [0.25, 0.3) is 0 Å². The average molecular weight is 519 g/mol. The highest BCUT2D eigenvalue weighted by Gasteiger charge is 2.33. The van der Waals surface area contributed by atoms with Gasteiger partial charge in [-0.3, -0.25) is 9.69 Å². The number of rotatable bonds is 6. The Balaban J connectivity index is 1.25. The van der Waals surface area contributed by atoms with E-state index in [-0.39, 0.29) is 53.3 Å². The van der Waals surface area contributed by atoms with Gasteiger partial charge in [-0.15, -0.1) is 0 Å². The molecule has 0 saturated carbocycles. The first-order chi connectivity index (χ1) is 18.3. The number of carbonyl (C=O) groups excluding carboxylic acids is 2. The molecule has 2 aliphatic heterocycles. The van der Waals surface area contributed by atoms with Gasteiger partial charge in [-0.25, -0.2) is 4.79 Å². The highest BCUT2D eigenvalue weighted by molar-refractivity contribution is 6.03. The van der Waals surface area contributed by atoms with Crippen molar-refractivity contribution >= 4 is 17.4 Å². The monoisotopic (exact) mass is 518 g/mol. The van der Waals surface area contributed by atoms with Crippen LogP contribution in [0.4, 0.5) is 5.69 Å². The Kier molecular flexibility index (Phi) is 7.11. The first-order valence-corrected chi connectivity index (χ1v) is 12.6. The molecule has 0 amide bonds. The largest absolute Gasteiger partial charge is 0.508 e. The Bertz CT molecular complexity index is 1330. The summed E-state index contributed by atoms with van der Waals surface area (Å²) in [5, 5.41) is 31.2. The predicted octanol–water partition coefficient (Wildman–Crippen LogP) is 4.01. The molecule has 0 aliphatic carbocycles. The first kappa shape index (κ1) is 25.4. The van der Waals surface area contributed by atoms with Crippen molar-refractivity contribution in [3.63, 3.8) is 0 Å².